The van der Waals surface area contributed by atoms with Crippen LogP contribution in [-0.2, 0) is 18.0 Å². The zero-order chi connectivity index (χ0) is 18.8. The van der Waals surface area contributed by atoms with Gasteiger partial charge in [-0.1, -0.05) is 0 Å². The van der Waals surface area contributed by atoms with Gasteiger partial charge in [0.2, 0.25) is 5.91 Å². The molecule has 7 nitrogen and oxygen atoms in total. The maximum absolute atomic E-state index is 12.6. The molecule has 2 aliphatic rings. The second kappa shape index (κ2) is 7.98. The average molecular weight is 390 g/mol. The third-order valence-corrected chi connectivity index (χ3v) is 6.10. The Bertz CT molecular complexity index is 827. The standard InChI is InChI=1S/C19H27N5O2S/c1-2-23-17(16-6-5-13-26-16)20-24(19(23)27)14-21-11-7-15(8-12-21)18(25)22-9-3-4-10-22/h5-6,13,15H,2-4,7-12,14H2,1H3. The number of likely N-dealkylation sites (tertiary alicyclic amines) is 2. The van der Waals surface area contributed by atoms with E-state index < -0.39 is 0 Å². The van der Waals surface area contributed by atoms with Gasteiger partial charge in [-0.2, -0.15) is 0 Å². The van der Waals surface area contributed by atoms with E-state index in [2.05, 4.69) is 16.7 Å². The first-order valence-corrected chi connectivity index (χ1v) is 10.3. The Labute approximate surface area is 164 Å². The first kappa shape index (κ1) is 18.4. The van der Waals surface area contributed by atoms with Gasteiger partial charge >= 0.3 is 0 Å². The van der Waals surface area contributed by atoms with Crippen LogP contribution in [0.1, 0.15) is 32.6 Å². The molecule has 2 fully saturated rings. The van der Waals surface area contributed by atoms with Crippen LogP contribution in [0.4, 0.5) is 0 Å². The lowest BCUT2D eigenvalue weighted by molar-refractivity contribution is -0.136. The number of rotatable bonds is 5. The average Bonchev–Trinajstić information content (AvgIpc) is 3.44. The first-order valence-electron chi connectivity index (χ1n) is 9.90. The van der Waals surface area contributed by atoms with Gasteiger partial charge in [-0.05, 0) is 57.0 Å². The summed E-state index contributed by atoms with van der Waals surface area (Å²) in [5, 5.41) is 4.70. The number of hydrogen-bond donors (Lipinski definition) is 0. The lowest BCUT2D eigenvalue weighted by atomic mass is 9.95. The van der Waals surface area contributed by atoms with Crippen molar-refractivity contribution >= 4 is 18.1 Å². The van der Waals surface area contributed by atoms with Crippen LogP contribution in [0.25, 0.3) is 11.6 Å². The van der Waals surface area contributed by atoms with Crippen LogP contribution in [0, 0.1) is 10.7 Å². The van der Waals surface area contributed by atoms with Gasteiger partial charge in [0, 0.05) is 38.6 Å². The number of furan rings is 1. The molecule has 2 aromatic heterocycles. The molecule has 0 atom stereocenters. The molecule has 0 N–H and O–H groups in total. The molecule has 4 rings (SSSR count). The smallest absolute Gasteiger partial charge is 0.225 e. The maximum atomic E-state index is 12.6. The predicted molar refractivity (Wildman–Crippen MR) is 105 cm³/mol. The summed E-state index contributed by atoms with van der Waals surface area (Å²) >= 11 is 5.63. The maximum Gasteiger partial charge on any atom is 0.225 e. The van der Waals surface area contributed by atoms with Crippen LogP contribution in [0.3, 0.4) is 0 Å². The van der Waals surface area contributed by atoms with Gasteiger partial charge < -0.3 is 9.32 Å². The Hall–Kier alpha value is -1.93. The quantitative estimate of drug-likeness (QED) is 0.736. The van der Waals surface area contributed by atoms with E-state index in [4.69, 9.17) is 21.7 Å². The zero-order valence-electron chi connectivity index (χ0n) is 15.8. The van der Waals surface area contributed by atoms with Gasteiger partial charge in [-0.25, -0.2) is 4.68 Å². The van der Waals surface area contributed by atoms with Crippen molar-refractivity contribution < 1.29 is 9.21 Å². The number of hydrogen-bond acceptors (Lipinski definition) is 5. The first-order chi connectivity index (χ1) is 13.2. The molecule has 146 valence electrons. The van der Waals surface area contributed by atoms with Gasteiger partial charge in [-0.15, -0.1) is 5.10 Å². The Balaban J connectivity index is 1.40. The van der Waals surface area contributed by atoms with Crippen LogP contribution in [-0.4, -0.2) is 56.2 Å². The molecule has 0 spiro atoms. The van der Waals surface area contributed by atoms with Crippen LogP contribution in [0.15, 0.2) is 22.8 Å². The number of piperidine rings is 1. The molecule has 8 heteroatoms. The minimum atomic E-state index is 0.180. The van der Waals surface area contributed by atoms with E-state index in [0.717, 1.165) is 70.0 Å². The number of nitrogens with zero attached hydrogens (tertiary/aromatic N) is 5. The highest BCUT2D eigenvalue weighted by Crippen LogP contribution is 2.23. The topological polar surface area (TPSA) is 59.4 Å². The largest absolute Gasteiger partial charge is 0.461 e. The molecule has 4 heterocycles. The summed E-state index contributed by atoms with van der Waals surface area (Å²) in [7, 11) is 0. The molecule has 0 saturated carbocycles. The molecule has 2 aliphatic heterocycles. The molecule has 0 aromatic carbocycles. The zero-order valence-corrected chi connectivity index (χ0v) is 16.7. The minimum Gasteiger partial charge on any atom is -0.461 e. The third-order valence-electron chi connectivity index (χ3n) is 5.67. The van der Waals surface area contributed by atoms with E-state index in [1.807, 2.05) is 21.4 Å². The van der Waals surface area contributed by atoms with Gasteiger partial charge in [0.1, 0.15) is 0 Å². The fraction of sp³-hybridized carbons (Fsp3) is 0.632. The summed E-state index contributed by atoms with van der Waals surface area (Å²) in [6.45, 7) is 7.16. The second-order valence-corrected chi connectivity index (χ2v) is 7.76. The monoisotopic (exact) mass is 389 g/mol. The molecule has 27 heavy (non-hydrogen) atoms. The normalized spacial score (nSPS) is 19.1. The number of carbonyl (C=O) groups is 1. The van der Waals surface area contributed by atoms with Gasteiger partial charge in [0.15, 0.2) is 16.4 Å². The number of amides is 1. The van der Waals surface area contributed by atoms with E-state index in [1.165, 1.54) is 0 Å². The number of carbonyl (C=O) groups excluding carboxylic acids is 1. The fourth-order valence-electron chi connectivity index (χ4n) is 4.11. The Morgan fingerprint density at radius 1 is 1.26 bits per heavy atom. The van der Waals surface area contributed by atoms with Crippen molar-refractivity contribution in [2.45, 2.75) is 45.8 Å². The Morgan fingerprint density at radius 3 is 2.63 bits per heavy atom. The van der Waals surface area contributed by atoms with Crippen LogP contribution < -0.4 is 0 Å². The van der Waals surface area contributed by atoms with Crippen molar-refractivity contribution in [3.8, 4) is 11.6 Å². The lowest BCUT2D eigenvalue weighted by Crippen LogP contribution is -2.42. The highest BCUT2D eigenvalue weighted by atomic mass is 32.1. The predicted octanol–water partition coefficient (Wildman–Crippen LogP) is 2.99. The summed E-state index contributed by atoms with van der Waals surface area (Å²) in [6, 6.07) is 3.77. The van der Waals surface area contributed by atoms with Crippen molar-refractivity contribution in [1.82, 2.24) is 24.1 Å². The highest BCUT2D eigenvalue weighted by molar-refractivity contribution is 7.71. The van der Waals surface area contributed by atoms with Crippen LogP contribution in [0.2, 0.25) is 0 Å². The van der Waals surface area contributed by atoms with Crippen molar-refractivity contribution in [3.05, 3.63) is 23.2 Å². The molecule has 2 aromatic rings. The van der Waals surface area contributed by atoms with E-state index in [0.29, 0.717) is 17.3 Å². The van der Waals surface area contributed by atoms with Gasteiger partial charge in [-0.3, -0.25) is 14.3 Å². The molecular weight excluding hydrogens is 362 g/mol. The van der Waals surface area contributed by atoms with E-state index in [9.17, 15) is 4.79 Å². The fourth-order valence-corrected chi connectivity index (χ4v) is 4.43. The van der Waals surface area contributed by atoms with Crippen LogP contribution in [0.5, 0.6) is 0 Å². The second-order valence-electron chi connectivity index (χ2n) is 7.39. The lowest BCUT2D eigenvalue weighted by Gasteiger charge is -2.32. The highest BCUT2D eigenvalue weighted by Gasteiger charge is 2.30. The van der Waals surface area contributed by atoms with E-state index >= 15 is 0 Å². The molecule has 1 amide bonds. The molecule has 2 saturated heterocycles. The van der Waals surface area contributed by atoms with Crippen molar-refractivity contribution in [3.63, 3.8) is 0 Å². The van der Waals surface area contributed by atoms with E-state index in [1.54, 1.807) is 6.26 Å². The summed E-state index contributed by atoms with van der Waals surface area (Å²) in [5.74, 6) is 2.04. The molecule has 0 radical (unpaired) electrons. The molecule has 0 aliphatic carbocycles. The van der Waals surface area contributed by atoms with E-state index in [-0.39, 0.29) is 5.92 Å². The Kier molecular flexibility index (Phi) is 5.45. The van der Waals surface area contributed by atoms with Crippen molar-refractivity contribution in [2.24, 2.45) is 5.92 Å². The summed E-state index contributed by atoms with van der Waals surface area (Å²) in [4.78, 5) is 17.0. The Morgan fingerprint density at radius 2 is 2.00 bits per heavy atom. The van der Waals surface area contributed by atoms with Crippen molar-refractivity contribution in [1.29, 1.82) is 0 Å². The van der Waals surface area contributed by atoms with Crippen LogP contribution >= 0.6 is 12.2 Å². The third kappa shape index (κ3) is 3.73. The SMILES string of the molecule is CCn1c(-c2ccco2)nn(CN2CCC(C(=O)N3CCCC3)CC2)c1=S. The summed E-state index contributed by atoms with van der Waals surface area (Å²) in [5.41, 5.74) is 0. The minimum absolute atomic E-state index is 0.180. The van der Waals surface area contributed by atoms with Gasteiger partial charge in [0.05, 0.1) is 12.9 Å². The van der Waals surface area contributed by atoms with Gasteiger partial charge in [0.25, 0.3) is 0 Å². The molecular formula is C19H27N5O2S. The summed E-state index contributed by atoms with van der Waals surface area (Å²) < 4.78 is 10.1. The molecule has 0 unspecified atom stereocenters. The molecule has 0 bridgehead atoms. The van der Waals surface area contributed by atoms with Crippen molar-refractivity contribution in [2.75, 3.05) is 26.2 Å². The number of aromatic nitrogens is 3. The summed E-state index contributed by atoms with van der Waals surface area (Å²) in [6.07, 6.45) is 5.80.